The molecule has 0 unspecified atom stereocenters. The molecule has 0 aliphatic rings. The molecule has 13 heavy (non-hydrogen) atoms. The summed E-state index contributed by atoms with van der Waals surface area (Å²) in [6.45, 7) is 3.28. The smallest absolute Gasteiger partial charge is 0.159 e. The number of benzene rings is 1. The van der Waals surface area contributed by atoms with E-state index in [9.17, 15) is 13.6 Å². The van der Waals surface area contributed by atoms with E-state index in [1.165, 1.54) is 6.07 Å². The van der Waals surface area contributed by atoms with Crippen molar-refractivity contribution in [3.05, 3.63) is 48.1 Å². The van der Waals surface area contributed by atoms with Crippen molar-refractivity contribution >= 4 is 5.78 Å². The van der Waals surface area contributed by atoms with Gasteiger partial charge in [0.15, 0.2) is 17.4 Å². The summed E-state index contributed by atoms with van der Waals surface area (Å²) in [5.74, 6) is -2.06. The Kier molecular flexibility index (Phi) is 2.90. The average Bonchev–Trinajstić information content (AvgIpc) is 2.11. The van der Waals surface area contributed by atoms with E-state index < -0.39 is 11.6 Å². The number of hydrogen-bond acceptors (Lipinski definition) is 1. The molecule has 0 saturated carbocycles. The molecule has 0 fully saturated rings. The summed E-state index contributed by atoms with van der Waals surface area (Å²) in [7, 11) is 0. The van der Waals surface area contributed by atoms with Crippen LogP contribution in [0.25, 0.3) is 0 Å². The fourth-order valence-electron chi connectivity index (χ4n) is 0.923. The lowest BCUT2D eigenvalue weighted by atomic mass is 10.1. The molecule has 0 N–H and O–H groups in total. The van der Waals surface area contributed by atoms with E-state index in [0.29, 0.717) is 5.56 Å². The van der Waals surface area contributed by atoms with Gasteiger partial charge in [0.1, 0.15) is 0 Å². The molecular weight excluding hydrogens is 174 g/mol. The summed E-state index contributed by atoms with van der Waals surface area (Å²) < 4.78 is 25.1. The molecule has 3 heteroatoms. The van der Waals surface area contributed by atoms with Crippen LogP contribution in [0.2, 0.25) is 0 Å². The van der Waals surface area contributed by atoms with Crippen molar-refractivity contribution in [3.63, 3.8) is 0 Å². The van der Waals surface area contributed by atoms with Crippen molar-refractivity contribution < 1.29 is 13.6 Å². The van der Waals surface area contributed by atoms with Crippen LogP contribution in [0.1, 0.15) is 5.56 Å². The molecule has 0 bridgehead atoms. The maximum Gasteiger partial charge on any atom is 0.159 e. The standard InChI is InChI=1S/C10H8F2O/c1-2-8(13)5-7-3-4-9(11)10(12)6-7/h2-4,6H,1,5H2. The van der Waals surface area contributed by atoms with Gasteiger partial charge in [0, 0.05) is 6.42 Å². The Hall–Kier alpha value is -1.51. The van der Waals surface area contributed by atoms with Crippen molar-refractivity contribution in [2.75, 3.05) is 0 Å². The van der Waals surface area contributed by atoms with E-state index in [1.54, 1.807) is 0 Å². The van der Waals surface area contributed by atoms with Crippen LogP contribution in [0, 0.1) is 11.6 Å². The fraction of sp³-hybridized carbons (Fsp3) is 0.100. The first-order valence-corrected chi connectivity index (χ1v) is 3.72. The Morgan fingerprint density at radius 1 is 1.38 bits per heavy atom. The van der Waals surface area contributed by atoms with Gasteiger partial charge in [0.25, 0.3) is 0 Å². The first-order chi connectivity index (χ1) is 6.13. The minimum atomic E-state index is -0.936. The van der Waals surface area contributed by atoms with E-state index in [-0.39, 0.29) is 12.2 Å². The van der Waals surface area contributed by atoms with E-state index in [1.807, 2.05) is 0 Å². The van der Waals surface area contributed by atoms with Crippen molar-refractivity contribution in [1.82, 2.24) is 0 Å². The first kappa shape index (κ1) is 9.58. The predicted molar refractivity (Wildman–Crippen MR) is 45.3 cm³/mol. The molecule has 0 aromatic heterocycles. The van der Waals surface area contributed by atoms with Crippen LogP contribution in [-0.2, 0) is 11.2 Å². The third-order valence-corrected chi connectivity index (χ3v) is 1.59. The molecule has 68 valence electrons. The number of carbonyl (C=O) groups excluding carboxylic acids is 1. The Balaban J connectivity index is 2.85. The summed E-state index contributed by atoms with van der Waals surface area (Å²) in [6, 6.07) is 3.39. The van der Waals surface area contributed by atoms with E-state index >= 15 is 0 Å². The zero-order valence-electron chi connectivity index (χ0n) is 6.89. The molecule has 0 aliphatic heterocycles. The van der Waals surface area contributed by atoms with Crippen molar-refractivity contribution in [2.45, 2.75) is 6.42 Å². The second-order valence-electron chi connectivity index (χ2n) is 2.60. The summed E-state index contributed by atoms with van der Waals surface area (Å²) in [6.07, 6.45) is 1.21. The highest BCUT2D eigenvalue weighted by Crippen LogP contribution is 2.09. The molecule has 0 saturated heterocycles. The van der Waals surface area contributed by atoms with E-state index in [0.717, 1.165) is 18.2 Å². The highest BCUT2D eigenvalue weighted by molar-refractivity contribution is 5.90. The van der Waals surface area contributed by atoms with Gasteiger partial charge in [-0.25, -0.2) is 8.78 Å². The van der Waals surface area contributed by atoms with Crippen molar-refractivity contribution in [2.24, 2.45) is 0 Å². The SMILES string of the molecule is C=CC(=O)Cc1ccc(F)c(F)c1. The predicted octanol–water partition coefficient (Wildman–Crippen LogP) is 2.26. The summed E-state index contributed by atoms with van der Waals surface area (Å²) in [4.78, 5) is 10.8. The number of carbonyl (C=O) groups is 1. The normalized spacial score (nSPS) is 9.69. The molecule has 0 radical (unpaired) electrons. The number of ketones is 1. The third kappa shape index (κ3) is 2.47. The largest absolute Gasteiger partial charge is 0.295 e. The first-order valence-electron chi connectivity index (χ1n) is 3.72. The topological polar surface area (TPSA) is 17.1 Å². The Morgan fingerprint density at radius 3 is 2.62 bits per heavy atom. The second kappa shape index (κ2) is 3.94. The van der Waals surface area contributed by atoms with Crippen molar-refractivity contribution in [1.29, 1.82) is 0 Å². The minimum Gasteiger partial charge on any atom is -0.295 e. The van der Waals surface area contributed by atoms with Gasteiger partial charge >= 0.3 is 0 Å². The highest BCUT2D eigenvalue weighted by Gasteiger charge is 2.04. The molecular formula is C10H8F2O. The Morgan fingerprint density at radius 2 is 2.08 bits per heavy atom. The zero-order chi connectivity index (χ0) is 9.84. The number of hydrogen-bond donors (Lipinski definition) is 0. The lowest BCUT2D eigenvalue weighted by Gasteiger charge is -1.98. The molecule has 1 rings (SSSR count). The van der Waals surface area contributed by atoms with Crippen LogP contribution in [0.15, 0.2) is 30.9 Å². The van der Waals surface area contributed by atoms with Gasteiger partial charge in [-0.2, -0.15) is 0 Å². The summed E-state index contributed by atoms with van der Waals surface area (Å²) in [5, 5.41) is 0. The van der Waals surface area contributed by atoms with Crippen LogP contribution in [-0.4, -0.2) is 5.78 Å². The third-order valence-electron chi connectivity index (χ3n) is 1.59. The summed E-state index contributed by atoms with van der Waals surface area (Å²) >= 11 is 0. The molecule has 1 nitrogen and oxygen atoms in total. The highest BCUT2D eigenvalue weighted by atomic mass is 19.2. The average molecular weight is 182 g/mol. The van der Waals surface area contributed by atoms with Gasteiger partial charge in [-0.3, -0.25) is 4.79 Å². The zero-order valence-corrected chi connectivity index (χ0v) is 6.89. The molecule has 0 heterocycles. The van der Waals surface area contributed by atoms with Crippen LogP contribution < -0.4 is 0 Å². The van der Waals surface area contributed by atoms with Crippen LogP contribution in [0.5, 0.6) is 0 Å². The fourth-order valence-corrected chi connectivity index (χ4v) is 0.923. The monoisotopic (exact) mass is 182 g/mol. The van der Waals surface area contributed by atoms with Gasteiger partial charge in [0.2, 0.25) is 0 Å². The molecule has 0 atom stereocenters. The minimum absolute atomic E-state index is 0.0562. The van der Waals surface area contributed by atoms with E-state index in [2.05, 4.69) is 6.58 Å². The maximum atomic E-state index is 12.6. The van der Waals surface area contributed by atoms with Crippen LogP contribution in [0.4, 0.5) is 8.78 Å². The second-order valence-corrected chi connectivity index (χ2v) is 2.60. The molecule has 0 amide bonds. The number of halogens is 2. The van der Waals surface area contributed by atoms with Gasteiger partial charge in [-0.15, -0.1) is 0 Å². The van der Waals surface area contributed by atoms with Crippen molar-refractivity contribution in [3.8, 4) is 0 Å². The maximum absolute atomic E-state index is 12.6. The Bertz CT molecular complexity index is 345. The molecule has 0 aliphatic carbocycles. The van der Waals surface area contributed by atoms with Gasteiger partial charge in [-0.1, -0.05) is 12.6 Å². The molecule has 1 aromatic rings. The number of allylic oxidation sites excluding steroid dienone is 1. The van der Waals surface area contributed by atoms with Crippen LogP contribution >= 0.6 is 0 Å². The molecule has 1 aromatic carbocycles. The molecule has 0 spiro atoms. The lowest BCUT2D eigenvalue weighted by Crippen LogP contribution is -1.98. The van der Waals surface area contributed by atoms with Crippen LogP contribution in [0.3, 0.4) is 0 Å². The number of rotatable bonds is 3. The van der Waals surface area contributed by atoms with Gasteiger partial charge < -0.3 is 0 Å². The Labute approximate surface area is 74.7 Å². The van der Waals surface area contributed by atoms with E-state index in [4.69, 9.17) is 0 Å². The lowest BCUT2D eigenvalue weighted by molar-refractivity contribution is -0.114. The van der Waals surface area contributed by atoms with Gasteiger partial charge in [0.05, 0.1) is 0 Å². The van der Waals surface area contributed by atoms with Gasteiger partial charge in [-0.05, 0) is 23.8 Å². The summed E-state index contributed by atoms with van der Waals surface area (Å²) in [5.41, 5.74) is 0.448. The quantitative estimate of drug-likeness (QED) is 0.655.